The number of hydrogen-bond acceptors (Lipinski definition) is 4. The molecular formula is C21H26N2O4. The second kappa shape index (κ2) is 8.37. The molecule has 1 fully saturated rings. The van der Waals surface area contributed by atoms with Crippen molar-refractivity contribution in [2.75, 3.05) is 13.1 Å². The number of carbonyl (C=O) groups excluding carboxylic acids is 2. The normalized spacial score (nSPS) is 15.3. The molecule has 6 nitrogen and oxygen atoms in total. The fourth-order valence-electron chi connectivity index (χ4n) is 3.61. The van der Waals surface area contributed by atoms with E-state index in [4.69, 9.17) is 4.42 Å². The van der Waals surface area contributed by atoms with E-state index in [2.05, 4.69) is 5.32 Å². The zero-order valence-electron chi connectivity index (χ0n) is 15.9. The molecule has 0 bridgehead atoms. The van der Waals surface area contributed by atoms with Gasteiger partial charge in [-0.05, 0) is 37.8 Å². The molecule has 0 aliphatic carbocycles. The van der Waals surface area contributed by atoms with Gasteiger partial charge in [0.05, 0.1) is 5.39 Å². The lowest BCUT2D eigenvalue weighted by atomic mass is 9.98. The Morgan fingerprint density at radius 3 is 2.52 bits per heavy atom. The maximum Gasteiger partial charge on any atom is 0.287 e. The summed E-state index contributed by atoms with van der Waals surface area (Å²) in [6, 6.07) is 8.09. The van der Waals surface area contributed by atoms with E-state index in [0.717, 1.165) is 12.8 Å². The maximum absolute atomic E-state index is 12.5. The quantitative estimate of drug-likeness (QED) is 0.878. The van der Waals surface area contributed by atoms with E-state index in [-0.39, 0.29) is 35.0 Å². The zero-order valence-corrected chi connectivity index (χ0v) is 15.9. The number of amides is 2. The van der Waals surface area contributed by atoms with Gasteiger partial charge in [0.2, 0.25) is 5.91 Å². The van der Waals surface area contributed by atoms with Gasteiger partial charge in [-0.2, -0.15) is 0 Å². The van der Waals surface area contributed by atoms with Gasteiger partial charge in [0.25, 0.3) is 5.91 Å². The van der Waals surface area contributed by atoms with Crippen molar-refractivity contribution in [3.63, 3.8) is 0 Å². The summed E-state index contributed by atoms with van der Waals surface area (Å²) in [5.41, 5.74) is 0.174. The molecule has 0 radical (unpaired) electrons. The number of hydrogen-bond donors (Lipinski definition) is 1. The van der Waals surface area contributed by atoms with Gasteiger partial charge in [-0.1, -0.05) is 26.0 Å². The van der Waals surface area contributed by atoms with Crippen LogP contribution in [0.3, 0.4) is 0 Å². The summed E-state index contributed by atoms with van der Waals surface area (Å²) >= 11 is 0. The highest BCUT2D eigenvalue weighted by Crippen LogP contribution is 2.18. The van der Waals surface area contributed by atoms with Crippen LogP contribution in [-0.2, 0) is 4.79 Å². The molecule has 6 heteroatoms. The van der Waals surface area contributed by atoms with Crippen molar-refractivity contribution in [3.05, 3.63) is 46.3 Å². The highest BCUT2D eigenvalue weighted by atomic mass is 16.3. The third-order valence-corrected chi connectivity index (χ3v) is 5.34. The smallest absolute Gasteiger partial charge is 0.287 e. The SMILES string of the molecule is CCC(CC)C(=O)N1CCC(NC(=O)c2cc(=O)c3ccccc3o2)CC1. The van der Waals surface area contributed by atoms with E-state index in [1.165, 1.54) is 6.07 Å². The van der Waals surface area contributed by atoms with E-state index in [0.29, 0.717) is 36.9 Å². The first kappa shape index (κ1) is 19.1. The maximum atomic E-state index is 12.5. The van der Waals surface area contributed by atoms with Crippen molar-refractivity contribution in [3.8, 4) is 0 Å². The number of likely N-dealkylation sites (tertiary alicyclic amines) is 1. The molecule has 2 amide bonds. The Balaban J connectivity index is 1.62. The van der Waals surface area contributed by atoms with Crippen LogP contribution in [0.5, 0.6) is 0 Å². The average molecular weight is 370 g/mol. The molecule has 1 N–H and O–H groups in total. The molecule has 1 aromatic carbocycles. The lowest BCUT2D eigenvalue weighted by Gasteiger charge is -2.34. The van der Waals surface area contributed by atoms with Crippen molar-refractivity contribution < 1.29 is 14.0 Å². The third-order valence-electron chi connectivity index (χ3n) is 5.34. The molecule has 1 saturated heterocycles. The molecule has 1 aliphatic heterocycles. The molecule has 0 atom stereocenters. The molecule has 0 spiro atoms. The summed E-state index contributed by atoms with van der Waals surface area (Å²) in [6.07, 6.45) is 3.12. The van der Waals surface area contributed by atoms with Crippen LogP contribution in [0.25, 0.3) is 11.0 Å². The monoisotopic (exact) mass is 370 g/mol. The second-order valence-electron chi connectivity index (χ2n) is 7.06. The molecule has 2 aromatic rings. The summed E-state index contributed by atoms with van der Waals surface area (Å²) in [5.74, 6) is -0.0647. The van der Waals surface area contributed by atoms with E-state index in [9.17, 15) is 14.4 Å². The van der Waals surface area contributed by atoms with Crippen molar-refractivity contribution in [1.82, 2.24) is 10.2 Å². The molecule has 0 unspecified atom stereocenters. The topological polar surface area (TPSA) is 79.6 Å². The third kappa shape index (κ3) is 4.21. The fraction of sp³-hybridized carbons (Fsp3) is 0.476. The molecular weight excluding hydrogens is 344 g/mol. The van der Waals surface area contributed by atoms with Crippen LogP contribution in [0.2, 0.25) is 0 Å². The highest BCUT2D eigenvalue weighted by Gasteiger charge is 2.27. The Bertz CT molecular complexity index is 877. The van der Waals surface area contributed by atoms with Crippen LogP contribution >= 0.6 is 0 Å². The summed E-state index contributed by atoms with van der Waals surface area (Å²) in [7, 11) is 0. The summed E-state index contributed by atoms with van der Waals surface area (Å²) in [4.78, 5) is 39.0. The number of piperidine rings is 1. The van der Waals surface area contributed by atoms with Gasteiger partial charge >= 0.3 is 0 Å². The zero-order chi connectivity index (χ0) is 19.4. The Morgan fingerprint density at radius 1 is 1.19 bits per heavy atom. The van der Waals surface area contributed by atoms with Crippen LogP contribution in [0.4, 0.5) is 0 Å². The van der Waals surface area contributed by atoms with Gasteiger partial charge in [-0.15, -0.1) is 0 Å². The number of nitrogens with zero attached hydrogens (tertiary/aromatic N) is 1. The van der Waals surface area contributed by atoms with Gasteiger partial charge in [0.15, 0.2) is 11.2 Å². The first-order chi connectivity index (χ1) is 13.0. The molecule has 1 aliphatic rings. The average Bonchev–Trinajstić information content (AvgIpc) is 2.69. The van der Waals surface area contributed by atoms with Crippen molar-refractivity contribution in [2.45, 2.75) is 45.6 Å². The van der Waals surface area contributed by atoms with Crippen LogP contribution in [-0.4, -0.2) is 35.8 Å². The fourth-order valence-corrected chi connectivity index (χ4v) is 3.61. The number of para-hydroxylation sites is 1. The van der Waals surface area contributed by atoms with Gasteiger partial charge in [-0.25, -0.2) is 0 Å². The highest BCUT2D eigenvalue weighted by molar-refractivity contribution is 5.93. The Labute approximate surface area is 158 Å². The number of benzene rings is 1. The van der Waals surface area contributed by atoms with E-state index >= 15 is 0 Å². The Morgan fingerprint density at radius 2 is 1.85 bits per heavy atom. The van der Waals surface area contributed by atoms with Crippen molar-refractivity contribution in [2.24, 2.45) is 5.92 Å². The summed E-state index contributed by atoms with van der Waals surface area (Å²) < 4.78 is 5.59. The summed E-state index contributed by atoms with van der Waals surface area (Å²) in [5, 5.41) is 3.39. The van der Waals surface area contributed by atoms with Crippen LogP contribution in [0.1, 0.15) is 50.1 Å². The van der Waals surface area contributed by atoms with E-state index in [1.54, 1.807) is 24.3 Å². The lowest BCUT2D eigenvalue weighted by Crippen LogP contribution is -2.48. The second-order valence-corrected chi connectivity index (χ2v) is 7.06. The standard InChI is InChI=1S/C21H26N2O4/c1-3-14(4-2)21(26)23-11-9-15(10-12-23)22-20(25)19-13-17(24)16-7-5-6-8-18(16)27-19/h5-8,13-15H,3-4,9-12H2,1-2H3,(H,22,25). The van der Waals surface area contributed by atoms with Gasteiger partial charge in [0, 0.05) is 31.1 Å². The minimum atomic E-state index is -0.386. The molecule has 3 rings (SSSR count). The predicted molar refractivity (Wildman–Crippen MR) is 104 cm³/mol. The first-order valence-corrected chi connectivity index (χ1v) is 9.66. The van der Waals surface area contributed by atoms with E-state index in [1.807, 2.05) is 18.7 Å². The van der Waals surface area contributed by atoms with Crippen molar-refractivity contribution in [1.29, 1.82) is 0 Å². The van der Waals surface area contributed by atoms with Crippen LogP contribution < -0.4 is 10.7 Å². The van der Waals surface area contributed by atoms with Gasteiger partial charge in [0.1, 0.15) is 5.58 Å². The Hall–Kier alpha value is -2.63. The molecule has 1 aromatic heterocycles. The molecule has 144 valence electrons. The lowest BCUT2D eigenvalue weighted by molar-refractivity contribution is -0.136. The van der Waals surface area contributed by atoms with Crippen LogP contribution in [0.15, 0.2) is 39.5 Å². The van der Waals surface area contributed by atoms with Gasteiger partial charge < -0.3 is 14.6 Å². The molecule has 27 heavy (non-hydrogen) atoms. The number of rotatable bonds is 5. The number of fused-ring (bicyclic) bond motifs is 1. The van der Waals surface area contributed by atoms with Crippen LogP contribution in [0, 0.1) is 5.92 Å². The van der Waals surface area contributed by atoms with Crippen molar-refractivity contribution >= 4 is 22.8 Å². The minimum Gasteiger partial charge on any atom is -0.451 e. The van der Waals surface area contributed by atoms with Gasteiger partial charge in [-0.3, -0.25) is 14.4 Å². The Kier molecular flexibility index (Phi) is 5.94. The largest absolute Gasteiger partial charge is 0.451 e. The number of nitrogens with one attached hydrogen (secondary N) is 1. The molecule has 0 saturated carbocycles. The summed E-state index contributed by atoms with van der Waals surface area (Å²) in [6.45, 7) is 5.36. The first-order valence-electron chi connectivity index (χ1n) is 9.66. The molecule has 2 heterocycles. The predicted octanol–water partition coefficient (Wildman–Crippen LogP) is 2.95. The minimum absolute atomic E-state index is 0.0224. The van der Waals surface area contributed by atoms with E-state index < -0.39 is 0 Å². The number of carbonyl (C=O) groups is 2.